The molecular formula is C10H9Cl2NO2. The van der Waals surface area contributed by atoms with Crippen LogP contribution in [0.2, 0.25) is 10.0 Å². The molecular weight excluding hydrogens is 237 g/mol. The van der Waals surface area contributed by atoms with Gasteiger partial charge in [0.05, 0.1) is 10.0 Å². The van der Waals surface area contributed by atoms with Crippen molar-refractivity contribution in [3.05, 3.63) is 27.7 Å². The van der Waals surface area contributed by atoms with Gasteiger partial charge in [-0.1, -0.05) is 23.2 Å². The minimum atomic E-state index is -0.0938. The highest BCUT2D eigenvalue weighted by Crippen LogP contribution is 2.39. The maximum atomic E-state index is 11.1. The van der Waals surface area contributed by atoms with Gasteiger partial charge in [0.2, 0.25) is 5.91 Å². The van der Waals surface area contributed by atoms with Crippen LogP contribution in [0.5, 0.6) is 5.75 Å². The van der Waals surface area contributed by atoms with Crippen molar-refractivity contribution in [3.8, 4) is 5.75 Å². The fraction of sp³-hybridized carbons (Fsp3) is 0.300. The molecule has 2 rings (SSSR count). The van der Waals surface area contributed by atoms with Crippen molar-refractivity contribution in [2.45, 2.75) is 12.3 Å². The van der Waals surface area contributed by atoms with E-state index in [0.29, 0.717) is 28.6 Å². The van der Waals surface area contributed by atoms with E-state index in [1.807, 2.05) is 0 Å². The SMILES string of the molecule is O=C1C[C@H](c2c(O)ccc(Cl)c2Cl)CN1. The Labute approximate surface area is 97.0 Å². The summed E-state index contributed by atoms with van der Waals surface area (Å²) in [5.41, 5.74) is 0.558. The normalized spacial score (nSPS) is 20.4. The van der Waals surface area contributed by atoms with Gasteiger partial charge in [0.1, 0.15) is 5.75 Å². The average Bonchev–Trinajstić information content (AvgIpc) is 2.59. The third-order valence-electron chi connectivity index (χ3n) is 2.50. The molecule has 0 bridgehead atoms. The van der Waals surface area contributed by atoms with Crippen LogP contribution >= 0.6 is 23.2 Å². The number of phenols is 1. The number of rotatable bonds is 1. The third kappa shape index (κ3) is 1.90. The van der Waals surface area contributed by atoms with Crippen LogP contribution in [-0.4, -0.2) is 17.6 Å². The average molecular weight is 246 g/mol. The second-order valence-corrected chi connectivity index (χ2v) is 4.28. The number of carbonyl (C=O) groups excluding carboxylic acids is 1. The zero-order chi connectivity index (χ0) is 11.0. The van der Waals surface area contributed by atoms with Gasteiger partial charge in [-0.25, -0.2) is 0 Å². The molecule has 1 heterocycles. The van der Waals surface area contributed by atoms with E-state index >= 15 is 0 Å². The fourth-order valence-electron chi connectivity index (χ4n) is 1.75. The highest BCUT2D eigenvalue weighted by atomic mass is 35.5. The van der Waals surface area contributed by atoms with E-state index in [0.717, 1.165) is 0 Å². The lowest BCUT2D eigenvalue weighted by Gasteiger charge is -2.13. The molecule has 1 amide bonds. The predicted octanol–water partition coefficient (Wildman–Crippen LogP) is 2.30. The standard InChI is InChI=1S/C10H9Cl2NO2/c11-6-1-2-7(14)9(10(6)12)5-3-8(15)13-4-5/h1-2,5,14H,3-4H2,(H,13,15)/t5-/m0/s1. The Balaban J connectivity index is 2.43. The first-order valence-corrected chi connectivity index (χ1v) is 5.28. The molecule has 0 aromatic heterocycles. The molecule has 15 heavy (non-hydrogen) atoms. The summed E-state index contributed by atoms with van der Waals surface area (Å²) in [5.74, 6) is -0.0370. The Hall–Kier alpha value is -0.930. The summed E-state index contributed by atoms with van der Waals surface area (Å²) >= 11 is 11.8. The first kappa shape index (κ1) is 10.6. The van der Waals surface area contributed by atoms with E-state index in [1.54, 1.807) is 0 Å². The number of halogens is 2. The summed E-state index contributed by atoms with van der Waals surface area (Å²) in [5, 5.41) is 13.1. The van der Waals surface area contributed by atoms with Gasteiger partial charge >= 0.3 is 0 Å². The van der Waals surface area contributed by atoms with Gasteiger partial charge in [-0.3, -0.25) is 4.79 Å². The van der Waals surface area contributed by atoms with Crippen LogP contribution in [0.1, 0.15) is 17.9 Å². The Morgan fingerprint density at radius 3 is 2.73 bits per heavy atom. The summed E-state index contributed by atoms with van der Waals surface area (Å²) in [6, 6.07) is 3.03. The van der Waals surface area contributed by atoms with Crippen LogP contribution in [0.4, 0.5) is 0 Å². The monoisotopic (exact) mass is 245 g/mol. The molecule has 5 heteroatoms. The van der Waals surface area contributed by atoms with E-state index in [1.165, 1.54) is 12.1 Å². The van der Waals surface area contributed by atoms with Gasteiger partial charge < -0.3 is 10.4 Å². The van der Waals surface area contributed by atoms with Crippen LogP contribution in [-0.2, 0) is 4.79 Å². The number of benzene rings is 1. The van der Waals surface area contributed by atoms with E-state index in [9.17, 15) is 9.90 Å². The van der Waals surface area contributed by atoms with Crippen molar-refractivity contribution in [1.29, 1.82) is 0 Å². The molecule has 2 N–H and O–H groups in total. The van der Waals surface area contributed by atoms with Crippen molar-refractivity contribution < 1.29 is 9.90 Å². The molecule has 1 atom stereocenters. The Morgan fingerprint density at radius 2 is 2.13 bits per heavy atom. The second-order valence-electron chi connectivity index (χ2n) is 3.50. The van der Waals surface area contributed by atoms with E-state index in [4.69, 9.17) is 23.2 Å². The van der Waals surface area contributed by atoms with Gasteiger partial charge in [-0.05, 0) is 12.1 Å². The molecule has 0 spiro atoms. The Morgan fingerprint density at radius 1 is 1.40 bits per heavy atom. The molecule has 1 fully saturated rings. The molecule has 1 aromatic carbocycles. The number of hydrogen-bond donors (Lipinski definition) is 2. The zero-order valence-corrected chi connectivity index (χ0v) is 9.27. The zero-order valence-electron chi connectivity index (χ0n) is 7.76. The minimum absolute atomic E-state index is 0.0320. The van der Waals surface area contributed by atoms with Crippen LogP contribution in [0, 0.1) is 0 Å². The first-order chi connectivity index (χ1) is 7.09. The van der Waals surface area contributed by atoms with Crippen LogP contribution in [0.25, 0.3) is 0 Å². The van der Waals surface area contributed by atoms with Crippen molar-refractivity contribution >= 4 is 29.1 Å². The number of hydrogen-bond acceptors (Lipinski definition) is 2. The topological polar surface area (TPSA) is 49.3 Å². The van der Waals surface area contributed by atoms with Gasteiger partial charge in [-0.15, -0.1) is 0 Å². The number of phenolic OH excluding ortho intramolecular Hbond substituents is 1. The predicted molar refractivity (Wildman–Crippen MR) is 58.5 cm³/mol. The number of carbonyl (C=O) groups is 1. The van der Waals surface area contributed by atoms with Crippen molar-refractivity contribution in [2.75, 3.05) is 6.54 Å². The number of amides is 1. The van der Waals surface area contributed by atoms with Crippen LogP contribution in [0.3, 0.4) is 0 Å². The molecule has 1 aliphatic rings. The molecule has 0 radical (unpaired) electrons. The fourth-order valence-corrected chi connectivity index (χ4v) is 2.23. The molecule has 0 saturated carbocycles. The van der Waals surface area contributed by atoms with Crippen LogP contribution < -0.4 is 5.32 Å². The molecule has 0 aliphatic carbocycles. The smallest absolute Gasteiger partial charge is 0.220 e. The summed E-state index contributed by atoms with van der Waals surface area (Å²) in [6.45, 7) is 0.493. The lowest BCUT2D eigenvalue weighted by atomic mass is 9.97. The van der Waals surface area contributed by atoms with Gasteiger partial charge in [0.25, 0.3) is 0 Å². The number of aromatic hydroxyl groups is 1. The first-order valence-electron chi connectivity index (χ1n) is 4.53. The quantitative estimate of drug-likeness (QED) is 0.798. The largest absolute Gasteiger partial charge is 0.508 e. The summed E-state index contributed by atoms with van der Waals surface area (Å²) in [6.07, 6.45) is 0.341. The summed E-state index contributed by atoms with van der Waals surface area (Å²) in [7, 11) is 0. The van der Waals surface area contributed by atoms with E-state index < -0.39 is 0 Å². The summed E-state index contributed by atoms with van der Waals surface area (Å²) < 4.78 is 0. The molecule has 0 unspecified atom stereocenters. The molecule has 80 valence electrons. The highest BCUT2D eigenvalue weighted by molar-refractivity contribution is 6.42. The van der Waals surface area contributed by atoms with Gasteiger partial charge in [-0.2, -0.15) is 0 Å². The molecule has 3 nitrogen and oxygen atoms in total. The molecule has 1 aliphatic heterocycles. The maximum absolute atomic E-state index is 11.1. The minimum Gasteiger partial charge on any atom is -0.508 e. The van der Waals surface area contributed by atoms with Crippen molar-refractivity contribution in [2.24, 2.45) is 0 Å². The highest BCUT2D eigenvalue weighted by Gasteiger charge is 2.27. The maximum Gasteiger partial charge on any atom is 0.220 e. The van der Waals surface area contributed by atoms with E-state index in [2.05, 4.69) is 5.32 Å². The third-order valence-corrected chi connectivity index (χ3v) is 3.31. The summed E-state index contributed by atoms with van der Waals surface area (Å²) in [4.78, 5) is 11.1. The van der Waals surface area contributed by atoms with Crippen LogP contribution in [0.15, 0.2) is 12.1 Å². The Bertz CT molecular complexity index is 420. The van der Waals surface area contributed by atoms with Gasteiger partial charge in [0.15, 0.2) is 0 Å². The van der Waals surface area contributed by atoms with E-state index in [-0.39, 0.29) is 17.6 Å². The Kier molecular flexibility index (Phi) is 2.76. The molecule has 1 aromatic rings. The van der Waals surface area contributed by atoms with Crippen molar-refractivity contribution in [3.63, 3.8) is 0 Å². The molecule has 1 saturated heterocycles. The lowest BCUT2D eigenvalue weighted by Crippen LogP contribution is -2.13. The second kappa shape index (κ2) is 3.91. The lowest BCUT2D eigenvalue weighted by molar-refractivity contribution is -0.119. The van der Waals surface area contributed by atoms with Crippen molar-refractivity contribution in [1.82, 2.24) is 5.32 Å². The number of nitrogens with one attached hydrogen (secondary N) is 1. The van der Waals surface area contributed by atoms with Gasteiger partial charge in [0, 0.05) is 24.4 Å².